The number of aromatic nitrogens is 2. The summed E-state index contributed by atoms with van der Waals surface area (Å²) in [4.78, 5) is 45.6. The minimum Gasteiger partial charge on any atom is -0.360 e. The first-order valence-electron chi connectivity index (χ1n) is 12.3. The van der Waals surface area contributed by atoms with Crippen molar-refractivity contribution in [1.29, 1.82) is 0 Å². The zero-order valence-electron chi connectivity index (χ0n) is 21.2. The fraction of sp³-hybridized carbons (Fsp3) is 0.321. The van der Waals surface area contributed by atoms with E-state index in [2.05, 4.69) is 20.8 Å². The third kappa shape index (κ3) is 6.49. The van der Waals surface area contributed by atoms with E-state index in [0.717, 1.165) is 49.0 Å². The van der Waals surface area contributed by atoms with Gasteiger partial charge in [0.25, 0.3) is 5.91 Å². The Morgan fingerprint density at radius 2 is 1.86 bits per heavy atom. The average Bonchev–Trinajstić information content (AvgIpc) is 3.54. The molecule has 37 heavy (non-hydrogen) atoms. The molecule has 1 saturated carbocycles. The van der Waals surface area contributed by atoms with Gasteiger partial charge in [-0.15, -0.1) is 0 Å². The summed E-state index contributed by atoms with van der Waals surface area (Å²) in [6.07, 6.45) is 9.43. The van der Waals surface area contributed by atoms with Crippen molar-refractivity contribution in [3.63, 3.8) is 0 Å². The third-order valence-corrected chi connectivity index (χ3v) is 6.33. The molecule has 0 aliphatic heterocycles. The molecule has 2 aromatic heterocycles. The van der Waals surface area contributed by atoms with E-state index in [-0.39, 0.29) is 17.8 Å². The largest absolute Gasteiger partial charge is 0.360 e. The van der Waals surface area contributed by atoms with Crippen molar-refractivity contribution in [3.05, 3.63) is 83.4 Å². The number of benzene rings is 1. The predicted molar refractivity (Wildman–Crippen MR) is 140 cm³/mol. The molecule has 2 heterocycles. The van der Waals surface area contributed by atoms with Crippen LogP contribution in [-0.4, -0.2) is 33.9 Å². The molecule has 1 fully saturated rings. The van der Waals surface area contributed by atoms with E-state index in [1.54, 1.807) is 37.5 Å². The molecule has 3 amide bonds. The van der Waals surface area contributed by atoms with E-state index in [1.165, 1.54) is 4.90 Å². The minimum absolute atomic E-state index is 0.0643. The standard InChI is InChI=1S/C28H31N5O4/c1-18-10-11-19(2)23(15-18)33(26(35)13-12-25(34)31-24-16-20(3)37-32-24)27(21-7-6-14-29-17-21)28(36)30-22-8-4-5-9-22/h6-7,10-17,22,27H,4-5,8-9H2,1-3H3,(H,30,36)(H,31,32,34)/b13-12+/t27-/m1/s1. The first-order chi connectivity index (χ1) is 17.8. The van der Waals surface area contributed by atoms with E-state index in [9.17, 15) is 14.4 Å². The van der Waals surface area contributed by atoms with Crippen LogP contribution in [0.4, 0.5) is 11.5 Å². The molecular weight excluding hydrogens is 470 g/mol. The maximum absolute atomic E-state index is 13.7. The van der Waals surface area contributed by atoms with Crippen molar-refractivity contribution in [2.75, 3.05) is 10.2 Å². The van der Waals surface area contributed by atoms with Crippen LogP contribution in [0.2, 0.25) is 0 Å². The van der Waals surface area contributed by atoms with Gasteiger partial charge in [-0.25, -0.2) is 0 Å². The van der Waals surface area contributed by atoms with Crippen molar-refractivity contribution in [2.45, 2.75) is 58.5 Å². The highest BCUT2D eigenvalue weighted by atomic mass is 16.5. The maximum Gasteiger partial charge on any atom is 0.252 e. The van der Waals surface area contributed by atoms with Crippen molar-refractivity contribution >= 4 is 29.2 Å². The number of rotatable bonds is 8. The first-order valence-corrected chi connectivity index (χ1v) is 12.3. The summed E-state index contributed by atoms with van der Waals surface area (Å²) < 4.78 is 4.96. The second kappa shape index (κ2) is 11.6. The number of aryl methyl sites for hydroxylation is 3. The van der Waals surface area contributed by atoms with Crippen molar-refractivity contribution in [2.24, 2.45) is 0 Å². The number of anilines is 2. The Hall–Kier alpha value is -4.27. The zero-order valence-corrected chi connectivity index (χ0v) is 21.2. The molecule has 0 spiro atoms. The van der Waals surface area contributed by atoms with Crippen LogP contribution in [0.1, 0.15) is 54.2 Å². The summed E-state index contributed by atoms with van der Waals surface area (Å²) in [5, 5.41) is 9.42. The van der Waals surface area contributed by atoms with Crippen molar-refractivity contribution in [3.8, 4) is 0 Å². The number of carbonyl (C=O) groups excluding carboxylic acids is 3. The minimum atomic E-state index is -0.979. The third-order valence-electron chi connectivity index (χ3n) is 6.33. The first kappa shape index (κ1) is 25.8. The maximum atomic E-state index is 13.7. The van der Waals surface area contributed by atoms with E-state index < -0.39 is 17.9 Å². The number of nitrogens with one attached hydrogen (secondary N) is 2. The number of hydrogen-bond acceptors (Lipinski definition) is 6. The summed E-state index contributed by atoms with van der Waals surface area (Å²) in [5.74, 6) is -0.559. The van der Waals surface area contributed by atoms with Gasteiger partial charge in [-0.1, -0.05) is 36.2 Å². The Kier molecular flexibility index (Phi) is 8.12. The van der Waals surface area contributed by atoms with Gasteiger partial charge < -0.3 is 15.2 Å². The molecule has 9 heteroatoms. The second-order valence-electron chi connectivity index (χ2n) is 9.32. The van der Waals surface area contributed by atoms with Gasteiger partial charge in [-0.2, -0.15) is 0 Å². The molecule has 192 valence electrons. The van der Waals surface area contributed by atoms with Crippen LogP contribution in [0.15, 0.2) is 65.5 Å². The van der Waals surface area contributed by atoms with Gasteiger partial charge in [-0.3, -0.25) is 24.3 Å². The number of pyridine rings is 1. The molecular formula is C28H31N5O4. The summed E-state index contributed by atoms with van der Waals surface area (Å²) in [6.45, 7) is 5.51. The Labute approximate surface area is 215 Å². The van der Waals surface area contributed by atoms with Crippen LogP contribution < -0.4 is 15.5 Å². The summed E-state index contributed by atoms with van der Waals surface area (Å²) in [6, 6.07) is 9.89. The number of carbonyl (C=O) groups is 3. The van der Waals surface area contributed by atoms with Gasteiger partial charge >= 0.3 is 0 Å². The molecule has 9 nitrogen and oxygen atoms in total. The molecule has 0 saturated heterocycles. The van der Waals surface area contributed by atoms with E-state index in [0.29, 0.717) is 17.0 Å². The quantitative estimate of drug-likeness (QED) is 0.444. The fourth-order valence-corrected chi connectivity index (χ4v) is 4.49. The van der Waals surface area contributed by atoms with Crippen LogP contribution in [0.25, 0.3) is 0 Å². The highest BCUT2D eigenvalue weighted by molar-refractivity contribution is 6.10. The van der Waals surface area contributed by atoms with Crippen LogP contribution in [0.3, 0.4) is 0 Å². The number of nitrogens with zero attached hydrogens (tertiary/aromatic N) is 3. The molecule has 0 unspecified atom stereocenters. The van der Waals surface area contributed by atoms with E-state index in [4.69, 9.17) is 4.52 Å². The van der Waals surface area contributed by atoms with Gasteiger partial charge in [-0.05, 0) is 56.9 Å². The molecule has 0 bridgehead atoms. The lowest BCUT2D eigenvalue weighted by molar-refractivity contribution is -0.125. The normalized spacial score (nSPS) is 14.5. The Morgan fingerprint density at radius 3 is 2.54 bits per heavy atom. The highest BCUT2D eigenvalue weighted by Gasteiger charge is 2.34. The zero-order chi connectivity index (χ0) is 26.4. The lowest BCUT2D eigenvalue weighted by atomic mass is 10.0. The van der Waals surface area contributed by atoms with Crippen molar-refractivity contribution in [1.82, 2.24) is 15.5 Å². The molecule has 0 radical (unpaired) electrons. The molecule has 4 rings (SSSR count). The average molecular weight is 502 g/mol. The van der Waals surface area contributed by atoms with Crippen LogP contribution in [0.5, 0.6) is 0 Å². The monoisotopic (exact) mass is 501 g/mol. The summed E-state index contributed by atoms with van der Waals surface area (Å²) >= 11 is 0. The van der Waals surface area contributed by atoms with Crippen LogP contribution in [0, 0.1) is 20.8 Å². The summed E-state index contributed by atoms with van der Waals surface area (Å²) in [7, 11) is 0. The van der Waals surface area contributed by atoms with E-state index >= 15 is 0 Å². The highest BCUT2D eigenvalue weighted by Crippen LogP contribution is 2.32. The predicted octanol–water partition coefficient (Wildman–Crippen LogP) is 4.32. The van der Waals surface area contributed by atoms with Crippen molar-refractivity contribution < 1.29 is 18.9 Å². The molecule has 1 aliphatic rings. The topological polar surface area (TPSA) is 117 Å². The Morgan fingerprint density at radius 1 is 1.08 bits per heavy atom. The lowest BCUT2D eigenvalue weighted by Crippen LogP contribution is -2.46. The van der Waals surface area contributed by atoms with Gasteiger partial charge in [0.2, 0.25) is 11.8 Å². The number of hydrogen-bond donors (Lipinski definition) is 2. The lowest BCUT2D eigenvalue weighted by Gasteiger charge is -2.32. The number of amides is 3. The van der Waals surface area contributed by atoms with Crippen LogP contribution >= 0.6 is 0 Å². The SMILES string of the molecule is Cc1ccc(C)c(N(C(=O)/C=C/C(=O)Nc2cc(C)on2)[C@@H](C(=O)NC2CCCC2)c2cccnc2)c1. The Balaban J connectivity index is 1.70. The smallest absolute Gasteiger partial charge is 0.252 e. The molecule has 3 aromatic rings. The molecule has 1 atom stereocenters. The van der Waals surface area contributed by atoms with Gasteiger partial charge in [0.15, 0.2) is 5.82 Å². The molecule has 1 aliphatic carbocycles. The van der Waals surface area contributed by atoms with E-state index in [1.807, 2.05) is 32.0 Å². The van der Waals surface area contributed by atoms with Gasteiger partial charge in [0, 0.05) is 47.9 Å². The second-order valence-corrected chi connectivity index (χ2v) is 9.32. The molecule has 2 N–H and O–H groups in total. The van der Waals surface area contributed by atoms with Gasteiger partial charge in [0.1, 0.15) is 11.8 Å². The fourth-order valence-electron chi connectivity index (χ4n) is 4.49. The molecule has 1 aromatic carbocycles. The van der Waals surface area contributed by atoms with Crippen LogP contribution in [-0.2, 0) is 14.4 Å². The van der Waals surface area contributed by atoms with Gasteiger partial charge in [0.05, 0.1) is 0 Å². The Bertz CT molecular complexity index is 1290. The summed E-state index contributed by atoms with van der Waals surface area (Å²) in [5.41, 5.74) is 2.90.